The van der Waals surface area contributed by atoms with Gasteiger partial charge in [0.2, 0.25) is 6.23 Å². The Morgan fingerprint density at radius 3 is 2.52 bits per heavy atom. The van der Waals surface area contributed by atoms with Crippen LogP contribution in [0.15, 0.2) is 23.2 Å². The molecule has 5 heteroatoms. The molecule has 0 saturated carbocycles. The molecule has 4 nitrogen and oxygen atoms in total. The maximum Gasteiger partial charge on any atom is 0.211 e. The number of nitrogens with zero attached hydrogens (tertiary/aromatic N) is 3. The second-order valence-corrected chi connectivity index (χ2v) is 6.43. The van der Waals surface area contributed by atoms with Crippen molar-refractivity contribution in [2.45, 2.75) is 31.9 Å². The van der Waals surface area contributed by atoms with Gasteiger partial charge in [-0.25, -0.2) is 4.99 Å². The first-order valence-corrected chi connectivity index (χ1v) is 8.23. The van der Waals surface area contributed by atoms with E-state index in [2.05, 4.69) is 9.80 Å². The summed E-state index contributed by atoms with van der Waals surface area (Å²) in [5.41, 5.74) is 0.900. The molecule has 3 aliphatic heterocycles. The molecule has 112 valence electrons. The van der Waals surface area contributed by atoms with E-state index in [4.69, 9.17) is 21.3 Å². The minimum Gasteiger partial charge on any atom is -0.465 e. The van der Waals surface area contributed by atoms with Crippen LogP contribution in [0, 0.1) is 0 Å². The molecule has 2 saturated heterocycles. The van der Waals surface area contributed by atoms with Crippen molar-refractivity contribution < 1.29 is 4.74 Å². The first-order chi connectivity index (χ1) is 10.3. The van der Waals surface area contributed by atoms with Crippen LogP contribution < -0.4 is 4.74 Å². The molecule has 0 radical (unpaired) electrons. The molecule has 1 aromatic carbocycles. The van der Waals surface area contributed by atoms with Crippen molar-refractivity contribution in [2.24, 2.45) is 4.99 Å². The van der Waals surface area contributed by atoms with E-state index in [0.717, 1.165) is 43.5 Å². The number of rotatable bonds is 1. The van der Waals surface area contributed by atoms with Crippen molar-refractivity contribution in [3.63, 3.8) is 0 Å². The molecule has 0 aromatic heterocycles. The summed E-state index contributed by atoms with van der Waals surface area (Å²) in [6.45, 7) is 4.37. The van der Waals surface area contributed by atoms with Crippen LogP contribution in [0.25, 0.3) is 0 Å². The van der Waals surface area contributed by atoms with Crippen molar-refractivity contribution in [3.05, 3.63) is 23.2 Å². The van der Waals surface area contributed by atoms with Gasteiger partial charge in [-0.1, -0.05) is 11.6 Å². The third-order valence-corrected chi connectivity index (χ3v) is 4.75. The highest BCUT2D eigenvalue weighted by atomic mass is 35.5. The summed E-state index contributed by atoms with van der Waals surface area (Å²) in [6.07, 6.45) is 4.94. The number of benzene rings is 1. The summed E-state index contributed by atoms with van der Waals surface area (Å²) >= 11 is 6.10. The molecular formula is C16H20ClN3O. The van der Waals surface area contributed by atoms with Crippen molar-refractivity contribution in [1.82, 2.24) is 9.80 Å². The highest BCUT2D eigenvalue weighted by Crippen LogP contribution is 2.37. The molecule has 0 spiro atoms. The largest absolute Gasteiger partial charge is 0.465 e. The SMILES string of the molecule is Clc1ccc2c(c1)OC(N1CCCC1)C(N1CCCC1)=N2. The van der Waals surface area contributed by atoms with Gasteiger partial charge in [0.1, 0.15) is 11.4 Å². The third kappa shape index (κ3) is 2.51. The average molecular weight is 306 g/mol. The first-order valence-electron chi connectivity index (χ1n) is 7.85. The average Bonchev–Trinajstić information content (AvgIpc) is 3.19. The summed E-state index contributed by atoms with van der Waals surface area (Å²) in [6, 6.07) is 5.71. The Labute approximate surface area is 130 Å². The molecule has 1 aromatic rings. The predicted molar refractivity (Wildman–Crippen MR) is 84.6 cm³/mol. The second kappa shape index (κ2) is 5.50. The molecule has 1 unspecified atom stereocenters. The zero-order chi connectivity index (χ0) is 14.2. The monoisotopic (exact) mass is 305 g/mol. The Kier molecular flexibility index (Phi) is 3.51. The van der Waals surface area contributed by atoms with Crippen molar-refractivity contribution in [1.29, 1.82) is 0 Å². The highest BCUT2D eigenvalue weighted by molar-refractivity contribution is 6.30. The molecule has 3 heterocycles. The van der Waals surface area contributed by atoms with Crippen LogP contribution in [0.5, 0.6) is 5.75 Å². The van der Waals surface area contributed by atoms with E-state index in [0.29, 0.717) is 5.02 Å². The number of amidine groups is 1. The van der Waals surface area contributed by atoms with Gasteiger partial charge in [-0.2, -0.15) is 0 Å². The third-order valence-electron chi connectivity index (χ3n) is 4.52. The van der Waals surface area contributed by atoms with E-state index in [1.54, 1.807) is 0 Å². The van der Waals surface area contributed by atoms with Gasteiger partial charge < -0.3 is 9.64 Å². The minimum absolute atomic E-state index is 0.0448. The number of fused-ring (bicyclic) bond motifs is 1. The Morgan fingerprint density at radius 2 is 1.76 bits per heavy atom. The number of hydrogen-bond donors (Lipinski definition) is 0. The van der Waals surface area contributed by atoms with Gasteiger partial charge in [-0.15, -0.1) is 0 Å². The van der Waals surface area contributed by atoms with Crippen LogP contribution in [-0.2, 0) is 0 Å². The fourth-order valence-electron chi connectivity index (χ4n) is 3.41. The van der Waals surface area contributed by atoms with Crippen LogP contribution >= 0.6 is 11.6 Å². The second-order valence-electron chi connectivity index (χ2n) is 5.99. The standard InChI is InChI=1S/C16H20ClN3O/c17-12-5-6-13-14(11-12)21-16(20-9-3-4-10-20)15(18-13)19-7-1-2-8-19/h5-6,11,16H,1-4,7-10H2. The number of aliphatic imine (C=N–C) groups is 1. The smallest absolute Gasteiger partial charge is 0.211 e. The molecule has 4 rings (SSSR count). The lowest BCUT2D eigenvalue weighted by Gasteiger charge is -2.36. The van der Waals surface area contributed by atoms with Gasteiger partial charge in [0.15, 0.2) is 5.84 Å². The summed E-state index contributed by atoms with van der Waals surface area (Å²) in [7, 11) is 0. The van der Waals surface area contributed by atoms with Crippen LogP contribution in [-0.4, -0.2) is 48.0 Å². The molecule has 0 amide bonds. The number of ether oxygens (including phenoxy) is 1. The fraction of sp³-hybridized carbons (Fsp3) is 0.562. The Bertz CT molecular complexity index is 563. The van der Waals surface area contributed by atoms with Crippen molar-refractivity contribution in [2.75, 3.05) is 26.2 Å². The Morgan fingerprint density at radius 1 is 1.05 bits per heavy atom. The van der Waals surface area contributed by atoms with E-state index in [1.807, 2.05) is 18.2 Å². The molecule has 21 heavy (non-hydrogen) atoms. The Hall–Kier alpha value is -1.26. The molecule has 2 fully saturated rings. The van der Waals surface area contributed by atoms with E-state index in [1.165, 1.54) is 25.7 Å². The lowest BCUT2D eigenvalue weighted by atomic mass is 10.2. The number of hydrogen-bond acceptors (Lipinski definition) is 4. The number of halogens is 1. The fourth-order valence-corrected chi connectivity index (χ4v) is 3.58. The lowest BCUT2D eigenvalue weighted by molar-refractivity contribution is 0.0865. The van der Waals surface area contributed by atoms with Crippen LogP contribution in [0.2, 0.25) is 5.02 Å². The van der Waals surface area contributed by atoms with E-state index in [9.17, 15) is 0 Å². The molecule has 0 bridgehead atoms. The minimum atomic E-state index is -0.0448. The maximum atomic E-state index is 6.29. The quantitative estimate of drug-likeness (QED) is 0.797. The van der Waals surface area contributed by atoms with Crippen LogP contribution in [0.4, 0.5) is 5.69 Å². The maximum absolute atomic E-state index is 6.29. The molecule has 0 N–H and O–H groups in total. The van der Waals surface area contributed by atoms with Gasteiger partial charge in [-0.05, 0) is 37.8 Å². The molecule has 3 aliphatic rings. The zero-order valence-corrected chi connectivity index (χ0v) is 12.9. The topological polar surface area (TPSA) is 28.1 Å². The van der Waals surface area contributed by atoms with E-state index in [-0.39, 0.29) is 6.23 Å². The number of likely N-dealkylation sites (tertiary alicyclic amines) is 2. The van der Waals surface area contributed by atoms with Gasteiger partial charge in [-0.3, -0.25) is 4.90 Å². The van der Waals surface area contributed by atoms with Crippen LogP contribution in [0.1, 0.15) is 25.7 Å². The van der Waals surface area contributed by atoms with Crippen molar-refractivity contribution in [3.8, 4) is 5.75 Å². The first kappa shape index (κ1) is 13.4. The van der Waals surface area contributed by atoms with E-state index >= 15 is 0 Å². The van der Waals surface area contributed by atoms with E-state index < -0.39 is 0 Å². The van der Waals surface area contributed by atoms with Gasteiger partial charge >= 0.3 is 0 Å². The van der Waals surface area contributed by atoms with Gasteiger partial charge in [0.25, 0.3) is 0 Å². The summed E-state index contributed by atoms with van der Waals surface area (Å²) < 4.78 is 6.29. The summed E-state index contributed by atoms with van der Waals surface area (Å²) in [5, 5.41) is 0.703. The predicted octanol–water partition coefficient (Wildman–Crippen LogP) is 3.28. The van der Waals surface area contributed by atoms with Gasteiger partial charge in [0, 0.05) is 37.3 Å². The highest BCUT2D eigenvalue weighted by Gasteiger charge is 2.35. The zero-order valence-electron chi connectivity index (χ0n) is 12.1. The van der Waals surface area contributed by atoms with Crippen LogP contribution in [0.3, 0.4) is 0 Å². The normalized spacial score (nSPS) is 25.7. The molecular weight excluding hydrogens is 286 g/mol. The molecule has 0 aliphatic carbocycles. The van der Waals surface area contributed by atoms with Crippen molar-refractivity contribution >= 4 is 23.1 Å². The summed E-state index contributed by atoms with van der Waals surface area (Å²) in [4.78, 5) is 9.70. The van der Waals surface area contributed by atoms with Gasteiger partial charge in [0.05, 0.1) is 0 Å². The molecule has 1 atom stereocenters. The Balaban J connectivity index is 1.71. The summed E-state index contributed by atoms with van der Waals surface area (Å²) in [5.74, 6) is 1.89. The lowest BCUT2D eigenvalue weighted by Crippen LogP contribution is -2.51.